The van der Waals surface area contributed by atoms with Crippen molar-refractivity contribution in [3.63, 3.8) is 0 Å². The van der Waals surface area contributed by atoms with Crippen LogP contribution in [0.5, 0.6) is 5.75 Å². The molecule has 0 spiro atoms. The lowest BCUT2D eigenvalue weighted by Crippen LogP contribution is -2.45. The first kappa shape index (κ1) is 17.9. The maximum absolute atomic E-state index is 14.3. The third kappa shape index (κ3) is 4.97. The van der Waals surface area contributed by atoms with Gasteiger partial charge in [0.25, 0.3) is 0 Å². The van der Waals surface area contributed by atoms with Gasteiger partial charge in [0.05, 0.1) is 13.2 Å². The molecule has 0 radical (unpaired) electrons. The molecule has 0 aliphatic rings. The second kappa shape index (κ2) is 9.00. The SMILES string of the molecule is CCCNC(Cc1cccc(OC)c1F)C(OC)C(C)C. The molecule has 0 saturated carbocycles. The highest BCUT2D eigenvalue weighted by atomic mass is 19.1. The van der Waals surface area contributed by atoms with Crippen LogP contribution in [-0.4, -0.2) is 32.9 Å². The molecular formula is C17H28FNO2. The van der Waals surface area contributed by atoms with Crippen LogP contribution in [0.4, 0.5) is 4.39 Å². The predicted molar refractivity (Wildman–Crippen MR) is 84.4 cm³/mol. The Kier molecular flexibility index (Phi) is 7.68. The van der Waals surface area contributed by atoms with E-state index < -0.39 is 0 Å². The first-order chi connectivity index (χ1) is 10.0. The van der Waals surface area contributed by atoms with E-state index >= 15 is 0 Å². The molecule has 1 N–H and O–H groups in total. The van der Waals surface area contributed by atoms with Crippen molar-refractivity contribution >= 4 is 0 Å². The summed E-state index contributed by atoms with van der Waals surface area (Å²) in [6.45, 7) is 7.25. The van der Waals surface area contributed by atoms with Gasteiger partial charge in [-0.15, -0.1) is 0 Å². The van der Waals surface area contributed by atoms with Gasteiger partial charge < -0.3 is 14.8 Å². The summed E-state index contributed by atoms with van der Waals surface area (Å²) >= 11 is 0. The molecule has 0 aliphatic carbocycles. The van der Waals surface area contributed by atoms with Gasteiger partial charge in [0.15, 0.2) is 11.6 Å². The smallest absolute Gasteiger partial charge is 0.168 e. The van der Waals surface area contributed by atoms with Gasteiger partial charge in [-0.3, -0.25) is 0 Å². The van der Waals surface area contributed by atoms with Crippen molar-refractivity contribution in [3.05, 3.63) is 29.6 Å². The molecule has 4 heteroatoms. The zero-order valence-electron chi connectivity index (χ0n) is 13.8. The van der Waals surface area contributed by atoms with Crippen molar-refractivity contribution in [1.82, 2.24) is 5.32 Å². The van der Waals surface area contributed by atoms with Crippen molar-refractivity contribution in [3.8, 4) is 5.75 Å². The Bertz CT molecular complexity index is 423. The largest absolute Gasteiger partial charge is 0.494 e. The normalized spacial score (nSPS) is 14.2. The minimum absolute atomic E-state index is 0.0437. The Morgan fingerprint density at radius 1 is 1.24 bits per heavy atom. The molecular weight excluding hydrogens is 269 g/mol. The number of nitrogens with one attached hydrogen (secondary N) is 1. The van der Waals surface area contributed by atoms with Crippen LogP contribution in [-0.2, 0) is 11.2 Å². The van der Waals surface area contributed by atoms with E-state index in [1.807, 2.05) is 12.1 Å². The second-order valence-corrected chi connectivity index (χ2v) is 5.64. The Morgan fingerprint density at radius 3 is 2.48 bits per heavy atom. The Morgan fingerprint density at radius 2 is 1.95 bits per heavy atom. The molecule has 0 heterocycles. The van der Waals surface area contributed by atoms with E-state index in [2.05, 4.69) is 26.1 Å². The molecule has 0 bridgehead atoms. The molecule has 1 aromatic carbocycles. The number of benzene rings is 1. The van der Waals surface area contributed by atoms with Gasteiger partial charge in [0.2, 0.25) is 0 Å². The van der Waals surface area contributed by atoms with Gasteiger partial charge in [0, 0.05) is 13.2 Å². The lowest BCUT2D eigenvalue weighted by Gasteiger charge is -2.30. The summed E-state index contributed by atoms with van der Waals surface area (Å²) in [5.41, 5.74) is 0.658. The van der Waals surface area contributed by atoms with Crippen LogP contribution in [0, 0.1) is 11.7 Å². The van der Waals surface area contributed by atoms with Crippen LogP contribution in [0.25, 0.3) is 0 Å². The number of halogens is 1. The number of ether oxygens (including phenoxy) is 2. The van der Waals surface area contributed by atoms with Crippen molar-refractivity contribution in [2.24, 2.45) is 5.92 Å². The van der Waals surface area contributed by atoms with Crippen molar-refractivity contribution in [1.29, 1.82) is 0 Å². The maximum atomic E-state index is 14.3. The number of methoxy groups -OCH3 is 2. The zero-order chi connectivity index (χ0) is 15.8. The summed E-state index contributed by atoms with van der Waals surface area (Å²) in [5, 5.41) is 3.48. The average Bonchev–Trinajstić information content (AvgIpc) is 2.46. The van der Waals surface area contributed by atoms with Crippen molar-refractivity contribution in [2.75, 3.05) is 20.8 Å². The van der Waals surface area contributed by atoms with Crippen LogP contribution in [0.3, 0.4) is 0 Å². The van der Waals surface area contributed by atoms with E-state index in [-0.39, 0.29) is 18.0 Å². The van der Waals surface area contributed by atoms with E-state index in [0.29, 0.717) is 23.7 Å². The minimum Gasteiger partial charge on any atom is -0.494 e. The fraction of sp³-hybridized carbons (Fsp3) is 0.647. The maximum Gasteiger partial charge on any atom is 0.168 e. The fourth-order valence-electron chi connectivity index (χ4n) is 2.64. The molecule has 120 valence electrons. The fourth-order valence-corrected chi connectivity index (χ4v) is 2.64. The van der Waals surface area contributed by atoms with E-state index in [1.54, 1.807) is 13.2 Å². The predicted octanol–water partition coefficient (Wildman–Crippen LogP) is 3.42. The summed E-state index contributed by atoms with van der Waals surface area (Å²) in [4.78, 5) is 0. The van der Waals surface area contributed by atoms with E-state index in [0.717, 1.165) is 13.0 Å². The van der Waals surface area contributed by atoms with Gasteiger partial charge in [-0.2, -0.15) is 0 Å². The molecule has 0 aromatic heterocycles. The third-order valence-electron chi connectivity index (χ3n) is 3.69. The van der Waals surface area contributed by atoms with E-state index in [1.165, 1.54) is 7.11 Å². The number of hydrogen-bond donors (Lipinski definition) is 1. The molecule has 0 amide bonds. The number of hydrogen-bond acceptors (Lipinski definition) is 3. The molecule has 0 fully saturated rings. The summed E-state index contributed by atoms with van der Waals surface area (Å²) in [6, 6.07) is 5.36. The highest BCUT2D eigenvalue weighted by Gasteiger charge is 2.25. The Balaban J connectivity index is 2.95. The molecule has 2 unspecified atom stereocenters. The summed E-state index contributed by atoms with van der Waals surface area (Å²) < 4.78 is 25.0. The summed E-state index contributed by atoms with van der Waals surface area (Å²) in [5.74, 6) is 0.375. The standard InChI is InChI=1S/C17H28FNO2/c1-6-10-19-14(17(21-5)12(2)3)11-13-8-7-9-15(20-4)16(13)18/h7-9,12,14,17,19H,6,10-11H2,1-5H3. The molecule has 1 rings (SSSR count). The molecule has 21 heavy (non-hydrogen) atoms. The quantitative estimate of drug-likeness (QED) is 0.757. The second-order valence-electron chi connectivity index (χ2n) is 5.64. The Hall–Kier alpha value is -1.13. The first-order valence-corrected chi connectivity index (χ1v) is 7.62. The molecule has 3 nitrogen and oxygen atoms in total. The first-order valence-electron chi connectivity index (χ1n) is 7.62. The van der Waals surface area contributed by atoms with Gasteiger partial charge in [-0.1, -0.05) is 32.9 Å². The molecule has 1 aromatic rings. The van der Waals surface area contributed by atoms with E-state index in [4.69, 9.17) is 9.47 Å². The summed E-state index contributed by atoms with van der Waals surface area (Å²) in [7, 11) is 3.20. The summed E-state index contributed by atoms with van der Waals surface area (Å²) in [6.07, 6.45) is 1.66. The van der Waals surface area contributed by atoms with Gasteiger partial charge in [-0.25, -0.2) is 4.39 Å². The van der Waals surface area contributed by atoms with Gasteiger partial charge in [-0.05, 0) is 36.9 Å². The minimum atomic E-state index is -0.276. The van der Waals surface area contributed by atoms with Crippen LogP contribution in [0.1, 0.15) is 32.8 Å². The van der Waals surface area contributed by atoms with Crippen molar-refractivity contribution in [2.45, 2.75) is 45.8 Å². The highest BCUT2D eigenvalue weighted by molar-refractivity contribution is 5.31. The number of rotatable bonds is 9. The monoisotopic (exact) mass is 297 g/mol. The molecule has 2 atom stereocenters. The topological polar surface area (TPSA) is 30.5 Å². The van der Waals surface area contributed by atoms with E-state index in [9.17, 15) is 4.39 Å². The Labute approximate surface area is 127 Å². The highest BCUT2D eigenvalue weighted by Crippen LogP contribution is 2.23. The molecule has 0 saturated heterocycles. The van der Waals surface area contributed by atoms with Crippen LogP contribution >= 0.6 is 0 Å². The van der Waals surface area contributed by atoms with Gasteiger partial charge in [0.1, 0.15) is 0 Å². The lowest BCUT2D eigenvalue weighted by molar-refractivity contribution is 0.0330. The van der Waals surface area contributed by atoms with Gasteiger partial charge >= 0.3 is 0 Å². The van der Waals surface area contributed by atoms with Crippen molar-refractivity contribution < 1.29 is 13.9 Å². The molecule has 0 aliphatic heterocycles. The average molecular weight is 297 g/mol. The lowest BCUT2D eigenvalue weighted by atomic mass is 9.93. The zero-order valence-corrected chi connectivity index (χ0v) is 13.8. The third-order valence-corrected chi connectivity index (χ3v) is 3.69. The van der Waals surface area contributed by atoms with Crippen LogP contribution in [0.15, 0.2) is 18.2 Å². The van der Waals surface area contributed by atoms with Crippen LogP contribution in [0.2, 0.25) is 0 Å². The van der Waals surface area contributed by atoms with Crippen LogP contribution < -0.4 is 10.1 Å².